The SMILES string of the molecule is O=S(=O)(O)c1cc(N=Nc2ccc(N=Nc3ccc4cc(Nc5ccccc5)ccc4c3O)cc2)cc2c(S(=O)(=O)O)cccc12. The highest BCUT2D eigenvalue weighted by Crippen LogP contribution is 2.38. The molecule has 6 aromatic rings. The molecule has 4 N–H and O–H groups in total. The van der Waals surface area contributed by atoms with Gasteiger partial charge >= 0.3 is 0 Å². The van der Waals surface area contributed by atoms with Crippen molar-refractivity contribution in [1.29, 1.82) is 0 Å². The summed E-state index contributed by atoms with van der Waals surface area (Å²) in [4.78, 5) is -1.15. The second-order valence-corrected chi connectivity index (χ2v) is 12.8. The van der Waals surface area contributed by atoms with E-state index in [0.29, 0.717) is 16.8 Å². The van der Waals surface area contributed by atoms with Crippen LogP contribution in [0.2, 0.25) is 0 Å². The number of phenolic OH excluding ortho intramolecular Hbond substituents is 1. The van der Waals surface area contributed by atoms with Crippen LogP contribution < -0.4 is 5.32 Å². The van der Waals surface area contributed by atoms with Gasteiger partial charge in [-0.15, -0.1) is 5.11 Å². The van der Waals surface area contributed by atoms with E-state index in [1.807, 2.05) is 48.5 Å². The quantitative estimate of drug-likeness (QED) is 0.0925. The molecule has 0 radical (unpaired) electrons. The smallest absolute Gasteiger partial charge is 0.295 e. The molecule has 0 aliphatic heterocycles. The molecule has 12 nitrogen and oxygen atoms in total. The summed E-state index contributed by atoms with van der Waals surface area (Å²) in [6, 6.07) is 31.0. The van der Waals surface area contributed by atoms with E-state index < -0.39 is 30.0 Å². The third-order valence-electron chi connectivity index (χ3n) is 6.89. The molecule has 0 amide bonds. The second kappa shape index (κ2) is 12.1. The fraction of sp³-hybridized carbons (Fsp3) is 0. The van der Waals surface area contributed by atoms with E-state index in [9.17, 15) is 31.0 Å². The lowest BCUT2D eigenvalue weighted by atomic mass is 10.1. The predicted molar refractivity (Wildman–Crippen MR) is 174 cm³/mol. The first-order chi connectivity index (χ1) is 22.0. The molecule has 0 fully saturated rings. The highest BCUT2D eigenvalue weighted by molar-refractivity contribution is 7.86. The van der Waals surface area contributed by atoms with Crippen molar-refractivity contribution in [3.63, 3.8) is 0 Å². The van der Waals surface area contributed by atoms with Gasteiger partial charge in [0.1, 0.15) is 15.5 Å². The minimum atomic E-state index is -4.78. The third-order valence-corrected chi connectivity index (χ3v) is 8.70. The molecule has 0 saturated heterocycles. The van der Waals surface area contributed by atoms with Crippen LogP contribution in [0.4, 0.5) is 34.1 Å². The Kier molecular flexibility index (Phi) is 8.02. The highest BCUT2D eigenvalue weighted by Gasteiger charge is 2.21. The summed E-state index contributed by atoms with van der Waals surface area (Å²) in [6.07, 6.45) is 0. The predicted octanol–water partition coefficient (Wildman–Crippen LogP) is 8.77. The molecule has 0 aliphatic rings. The van der Waals surface area contributed by atoms with Gasteiger partial charge < -0.3 is 10.4 Å². The van der Waals surface area contributed by atoms with Gasteiger partial charge in [0.05, 0.1) is 17.1 Å². The zero-order valence-electron chi connectivity index (χ0n) is 23.5. The van der Waals surface area contributed by atoms with Crippen LogP contribution in [0.3, 0.4) is 0 Å². The summed E-state index contributed by atoms with van der Waals surface area (Å²) in [5.74, 6) is -0.0188. The number of para-hydroxylation sites is 1. The molecule has 0 bridgehead atoms. The number of fused-ring (bicyclic) bond motifs is 2. The number of hydrogen-bond acceptors (Lipinski definition) is 10. The number of hydrogen-bond donors (Lipinski definition) is 4. The monoisotopic (exact) mass is 653 g/mol. The first-order valence-electron chi connectivity index (χ1n) is 13.5. The van der Waals surface area contributed by atoms with E-state index in [2.05, 4.69) is 25.8 Å². The van der Waals surface area contributed by atoms with E-state index in [0.717, 1.165) is 28.9 Å². The van der Waals surface area contributed by atoms with Crippen molar-refractivity contribution in [2.75, 3.05) is 5.32 Å². The Morgan fingerprint density at radius 2 is 1.15 bits per heavy atom. The maximum absolute atomic E-state index is 12.0. The molecule has 0 aliphatic carbocycles. The molecular formula is C32H23N5O7S2. The highest BCUT2D eigenvalue weighted by atomic mass is 32.2. The molecule has 0 atom stereocenters. The van der Waals surface area contributed by atoms with Crippen molar-refractivity contribution >= 4 is 75.9 Å². The summed E-state index contributed by atoms with van der Waals surface area (Å²) in [6.45, 7) is 0. The molecule has 0 aromatic heterocycles. The van der Waals surface area contributed by atoms with Crippen molar-refractivity contribution in [1.82, 2.24) is 0 Å². The van der Waals surface area contributed by atoms with Gasteiger partial charge in [-0.05, 0) is 84.2 Å². The topological polar surface area (TPSA) is 190 Å². The molecular weight excluding hydrogens is 631 g/mol. The van der Waals surface area contributed by atoms with Crippen LogP contribution in [0.5, 0.6) is 5.75 Å². The minimum Gasteiger partial charge on any atom is -0.505 e. The lowest BCUT2D eigenvalue weighted by Gasteiger charge is -2.09. The molecule has 0 unspecified atom stereocenters. The molecule has 6 rings (SSSR count). The molecule has 6 aromatic carbocycles. The normalized spacial score (nSPS) is 12.4. The molecule has 230 valence electrons. The summed E-state index contributed by atoms with van der Waals surface area (Å²) in [7, 11) is -9.50. The van der Waals surface area contributed by atoms with Gasteiger partial charge in [0, 0.05) is 27.5 Å². The number of benzene rings is 6. The van der Waals surface area contributed by atoms with Crippen molar-refractivity contribution in [2.24, 2.45) is 20.5 Å². The average Bonchev–Trinajstić information content (AvgIpc) is 3.03. The van der Waals surface area contributed by atoms with Crippen LogP contribution in [0.1, 0.15) is 0 Å². The number of nitrogens with zero attached hydrogens (tertiary/aromatic N) is 4. The second-order valence-electron chi connectivity index (χ2n) is 10.0. The van der Waals surface area contributed by atoms with Gasteiger partial charge in [0.15, 0.2) is 5.75 Å². The Hall–Kier alpha value is -5.54. The first-order valence-corrected chi connectivity index (χ1v) is 16.4. The van der Waals surface area contributed by atoms with Crippen molar-refractivity contribution in [3.8, 4) is 5.75 Å². The molecule has 0 heterocycles. The number of anilines is 2. The van der Waals surface area contributed by atoms with Gasteiger partial charge in [-0.1, -0.05) is 36.4 Å². The molecule has 46 heavy (non-hydrogen) atoms. The Labute approximate surface area is 262 Å². The van der Waals surface area contributed by atoms with Gasteiger partial charge in [0.25, 0.3) is 20.2 Å². The van der Waals surface area contributed by atoms with E-state index in [4.69, 9.17) is 0 Å². The number of nitrogens with one attached hydrogen (secondary N) is 1. The van der Waals surface area contributed by atoms with Crippen LogP contribution in [0, 0.1) is 0 Å². The summed E-state index contributed by atoms with van der Waals surface area (Å²) < 4.78 is 67.2. The standard InChI is InChI=1S/C32H23N5O7S2/c38-32-26-15-14-24(33-21-5-2-1-3-6-21)17-20(26)9-16-29(32)37-35-23-12-10-22(11-13-23)34-36-25-18-28-27(31(19-25)46(42,43)44)7-4-8-30(28)45(39,40)41/h1-19,33,38H,(H,39,40,41)(H,42,43,44). The van der Waals surface area contributed by atoms with Crippen molar-refractivity contribution in [2.45, 2.75) is 9.79 Å². The summed E-state index contributed by atoms with van der Waals surface area (Å²) in [5, 5.41) is 31.7. The number of phenols is 1. The Morgan fingerprint density at radius 3 is 1.83 bits per heavy atom. The number of azo groups is 2. The van der Waals surface area contributed by atoms with Gasteiger partial charge in [-0.2, -0.15) is 32.2 Å². The lowest BCUT2D eigenvalue weighted by Crippen LogP contribution is -2.03. The van der Waals surface area contributed by atoms with Crippen LogP contribution in [0.15, 0.2) is 146 Å². The maximum atomic E-state index is 12.0. The molecule has 0 spiro atoms. The van der Waals surface area contributed by atoms with Crippen LogP contribution in [-0.4, -0.2) is 31.0 Å². The molecule has 0 saturated carbocycles. The van der Waals surface area contributed by atoms with Crippen LogP contribution in [-0.2, 0) is 20.2 Å². The van der Waals surface area contributed by atoms with E-state index in [-0.39, 0.29) is 27.9 Å². The van der Waals surface area contributed by atoms with E-state index in [1.54, 1.807) is 36.4 Å². The van der Waals surface area contributed by atoms with Crippen molar-refractivity contribution in [3.05, 3.63) is 115 Å². The minimum absolute atomic E-state index is 0.0188. The van der Waals surface area contributed by atoms with E-state index >= 15 is 0 Å². The zero-order valence-corrected chi connectivity index (χ0v) is 25.2. The summed E-state index contributed by atoms with van der Waals surface area (Å²) >= 11 is 0. The zero-order chi connectivity index (χ0) is 32.5. The van der Waals surface area contributed by atoms with Gasteiger partial charge in [-0.3, -0.25) is 9.11 Å². The lowest BCUT2D eigenvalue weighted by molar-refractivity contribution is 0.481. The average molecular weight is 654 g/mol. The number of rotatable bonds is 8. The van der Waals surface area contributed by atoms with Gasteiger partial charge in [-0.25, -0.2) is 0 Å². The van der Waals surface area contributed by atoms with Crippen LogP contribution in [0.25, 0.3) is 21.5 Å². The number of aromatic hydroxyl groups is 1. The largest absolute Gasteiger partial charge is 0.505 e. The Balaban J connectivity index is 1.22. The Bertz CT molecular complexity index is 2400. The fourth-order valence-electron chi connectivity index (χ4n) is 4.77. The first kappa shape index (κ1) is 30.5. The van der Waals surface area contributed by atoms with E-state index in [1.165, 1.54) is 18.2 Å². The van der Waals surface area contributed by atoms with Gasteiger partial charge in [0.2, 0.25) is 0 Å². The fourth-order valence-corrected chi connectivity index (χ4v) is 6.19. The Morgan fingerprint density at radius 1 is 0.500 bits per heavy atom. The van der Waals surface area contributed by atoms with Crippen LogP contribution >= 0.6 is 0 Å². The maximum Gasteiger partial charge on any atom is 0.295 e. The molecule has 14 heteroatoms. The van der Waals surface area contributed by atoms with Crippen molar-refractivity contribution < 1.29 is 31.0 Å². The summed E-state index contributed by atoms with van der Waals surface area (Å²) in [5.41, 5.74) is 2.78. The third kappa shape index (κ3) is 6.60.